The molecule has 0 spiro atoms. The van der Waals surface area contributed by atoms with E-state index in [0.29, 0.717) is 5.69 Å². The SMILES string of the molecule is [C-]#[N+]C(C#N)c1ncnc2c1ccn2C. The molecule has 0 aliphatic rings. The van der Waals surface area contributed by atoms with Gasteiger partial charge >= 0.3 is 6.04 Å². The fraction of sp³-hybridized carbons (Fsp3) is 0.200. The van der Waals surface area contributed by atoms with E-state index in [1.807, 2.05) is 29.9 Å². The lowest BCUT2D eigenvalue weighted by Gasteiger charge is -1.99. The second kappa shape index (κ2) is 3.39. The Balaban J connectivity index is 2.73. The first-order valence-corrected chi connectivity index (χ1v) is 4.30. The highest BCUT2D eigenvalue weighted by molar-refractivity contribution is 5.79. The molecule has 0 saturated heterocycles. The molecule has 0 radical (unpaired) electrons. The number of nitrogens with zero attached hydrogens (tertiary/aromatic N) is 5. The van der Waals surface area contributed by atoms with Crippen molar-refractivity contribution in [3.63, 3.8) is 0 Å². The zero-order valence-electron chi connectivity index (χ0n) is 8.05. The second-order valence-corrected chi connectivity index (χ2v) is 3.08. The van der Waals surface area contributed by atoms with Crippen molar-refractivity contribution in [2.24, 2.45) is 7.05 Å². The molecule has 0 aliphatic heterocycles. The number of fused-ring (bicyclic) bond motifs is 1. The fourth-order valence-corrected chi connectivity index (χ4v) is 1.47. The summed E-state index contributed by atoms with van der Waals surface area (Å²) >= 11 is 0. The molecule has 0 bridgehead atoms. The lowest BCUT2D eigenvalue weighted by Crippen LogP contribution is -1.97. The molecule has 0 fully saturated rings. The quantitative estimate of drug-likeness (QED) is 0.650. The fourth-order valence-electron chi connectivity index (χ4n) is 1.47. The van der Waals surface area contributed by atoms with Gasteiger partial charge in [0.25, 0.3) is 0 Å². The molecular formula is C10H7N5. The highest BCUT2D eigenvalue weighted by Gasteiger charge is 2.20. The summed E-state index contributed by atoms with van der Waals surface area (Å²) in [7, 11) is 1.86. The minimum absolute atomic E-state index is 0.484. The van der Waals surface area contributed by atoms with Gasteiger partial charge in [-0.2, -0.15) is 5.26 Å². The molecule has 2 aromatic rings. The van der Waals surface area contributed by atoms with Gasteiger partial charge < -0.3 is 4.57 Å². The molecule has 15 heavy (non-hydrogen) atoms. The van der Waals surface area contributed by atoms with Crippen molar-refractivity contribution in [2.75, 3.05) is 0 Å². The van der Waals surface area contributed by atoms with E-state index in [0.717, 1.165) is 11.0 Å². The Morgan fingerprint density at radius 1 is 1.60 bits per heavy atom. The van der Waals surface area contributed by atoms with Crippen molar-refractivity contribution < 1.29 is 0 Å². The lowest BCUT2D eigenvalue weighted by molar-refractivity contribution is 0.931. The summed E-state index contributed by atoms with van der Waals surface area (Å²) in [4.78, 5) is 11.3. The van der Waals surface area contributed by atoms with Crippen LogP contribution in [0.4, 0.5) is 0 Å². The van der Waals surface area contributed by atoms with Gasteiger partial charge in [-0.1, -0.05) is 0 Å². The summed E-state index contributed by atoms with van der Waals surface area (Å²) in [6, 6.07) is 2.89. The minimum Gasteiger partial charge on any atom is -0.335 e. The van der Waals surface area contributed by atoms with Crippen LogP contribution in [-0.2, 0) is 7.05 Å². The summed E-state index contributed by atoms with van der Waals surface area (Å²) < 4.78 is 1.83. The average Bonchev–Trinajstić information content (AvgIpc) is 2.64. The molecule has 0 N–H and O–H groups in total. The number of hydrogen-bond acceptors (Lipinski definition) is 3. The van der Waals surface area contributed by atoms with Gasteiger partial charge in [-0.25, -0.2) is 16.5 Å². The third kappa shape index (κ3) is 1.31. The Bertz CT molecular complexity index is 570. The Labute approximate surface area is 86.4 Å². The van der Waals surface area contributed by atoms with Crippen LogP contribution < -0.4 is 0 Å². The van der Waals surface area contributed by atoms with Crippen molar-refractivity contribution in [3.8, 4) is 6.07 Å². The number of rotatable bonds is 1. The molecule has 0 saturated carbocycles. The molecule has 2 aromatic heterocycles. The van der Waals surface area contributed by atoms with Crippen LogP contribution in [-0.4, -0.2) is 14.5 Å². The predicted molar refractivity (Wildman–Crippen MR) is 53.5 cm³/mol. The van der Waals surface area contributed by atoms with Crippen LogP contribution in [0.2, 0.25) is 0 Å². The van der Waals surface area contributed by atoms with Crippen molar-refractivity contribution in [1.29, 1.82) is 5.26 Å². The molecule has 0 aliphatic carbocycles. The number of aromatic nitrogens is 3. The topological polar surface area (TPSA) is 58.9 Å². The molecule has 5 nitrogen and oxygen atoms in total. The van der Waals surface area contributed by atoms with Crippen molar-refractivity contribution in [3.05, 3.63) is 35.7 Å². The van der Waals surface area contributed by atoms with Crippen LogP contribution in [0.5, 0.6) is 0 Å². The van der Waals surface area contributed by atoms with E-state index < -0.39 is 6.04 Å². The first-order chi connectivity index (χ1) is 7.27. The minimum atomic E-state index is -0.849. The molecule has 72 valence electrons. The van der Waals surface area contributed by atoms with Gasteiger partial charge in [0.2, 0.25) is 0 Å². The maximum atomic E-state index is 8.81. The van der Waals surface area contributed by atoms with E-state index in [1.54, 1.807) is 0 Å². The summed E-state index contributed by atoms with van der Waals surface area (Å²) in [5.74, 6) is 0. The number of nitriles is 1. The van der Waals surface area contributed by atoms with Crippen molar-refractivity contribution in [1.82, 2.24) is 14.5 Å². The number of hydrogen-bond donors (Lipinski definition) is 0. The Morgan fingerprint density at radius 2 is 2.40 bits per heavy atom. The van der Waals surface area contributed by atoms with E-state index in [2.05, 4.69) is 14.8 Å². The highest BCUT2D eigenvalue weighted by Crippen LogP contribution is 2.22. The van der Waals surface area contributed by atoms with Gasteiger partial charge in [0.15, 0.2) is 11.8 Å². The Kier molecular flexibility index (Phi) is 2.07. The van der Waals surface area contributed by atoms with E-state index in [4.69, 9.17) is 11.8 Å². The highest BCUT2D eigenvalue weighted by atomic mass is 15.0. The van der Waals surface area contributed by atoms with Crippen molar-refractivity contribution in [2.45, 2.75) is 6.04 Å². The molecule has 1 unspecified atom stereocenters. The molecule has 2 rings (SSSR count). The first kappa shape index (κ1) is 9.17. The van der Waals surface area contributed by atoms with E-state index >= 15 is 0 Å². The monoisotopic (exact) mass is 197 g/mol. The summed E-state index contributed by atoms with van der Waals surface area (Å²) in [6.45, 7) is 6.91. The number of aryl methyl sites for hydroxylation is 1. The molecule has 0 amide bonds. The van der Waals surface area contributed by atoms with Crippen LogP contribution in [0.1, 0.15) is 11.7 Å². The molecular weight excluding hydrogens is 190 g/mol. The van der Waals surface area contributed by atoms with Gasteiger partial charge in [-0.3, -0.25) is 4.85 Å². The lowest BCUT2D eigenvalue weighted by atomic mass is 10.2. The largest absolute Gasteiger partial charge is 0.349 e. The normalized spacial score (nSPS) is 11.9. The van der Waals surface area contributed by atoms with Gasteiger partial charge in [-0.05, 0) is 6.07 Å². The van der Waals surface area contributed by atoms with Crippen molar-refractivity contribution >= 4 is 11.0 Å². The molecule has 0 aromatic carbocycles. The van der Waals surface area contributed by atoms with Crippen LogP contribution >= 0.6 is 0 Å². The summed E-state index contributed by atoms with van der Waals surface area (Å²) in [5, 5.41) is 9.58. The van der Waals surface area contributed by atoms with E-state index in [-0.39, 0.29) is 0 Å². The zero-order chi connectivity index (χ0) is 10.8. The maximum Gasteiger partial charge on any atom is 0.349 e. The second-order valence-electron chi connectivity index (χ2n) is 3.08. The maximum absolute atomic E-state index is 8.81. The predicted octanol–water partition coefficient (Wildman–Crippen LogP) is 1.45. The standard InChI is InChI=1S/C10H7N5/c1-12-8(5-11)9-7-3-4-15(2)10(7)14-6-13-9/h3-4,6,8H,2H3. The van der Waals surface area contributed by atoms with E-state index in [1.165, 1.54) is 6.33 Å². The smallest absolute Gasteiger partial charge is 0.335 e. The molecule has 1 atom stereocenters. The molecule has 2 heterocycles. The summed E-state index contributed by atoms with van der Waals surface area (Å²) in [5.41, 5.74) is 1.22. The van der Waals surface area contributed by atoms with Crippen LogP contribution in [0, 0.1) is 17.9 Å². The van der Waals surface area contributed by atoms with Crippen LogP contribution in [0.3, 0.4) is 0 Å². The van der Waals surface area contributed by atoms with E-state index in [9.17, 15) is 0 Å². The summed E-state index contributed by atoms with van der Waals surface area (Å²) in [6.07, 6.45) is 3.22. The third-order valence-electron chi connectivity index (χ3n) is 2.20. The van der Waals surface area contributed by atoms with Gasteiger partial charge in [-0.15, -0.1) is 0 Å². The Morgan fingerprint density at radius 3 is 3.07 bits per heavy atom. The van der Waals surface area contributed by atoms with Crippen LogP contribution in [0.25, 0.3) is 15.9 Å². The average molecular weight is 197 g/mol. The first-order valence-electron chi connectivity index (χ1n) is 4.30. The third-order valence-corrected chi connectivity index (χ3v) is 2.20. The van der Waals surface area contributed by atoms with Gasteiger partial charge in [0, 0.05) is 18.6 Å². The van der Waals surface area contributed by atoms with Gasteiger partial charge in [0.1, 0.15) is 12.0 Å². The van der Waals surface area contributed by atoms with Gasteiger partial charge in [0.05, 0.1) is 0 Å². The zero-order valence-corrected chi connectivity index (χ0v) is 8.05. The Hall–Kier alpha value is -2.40. The molecule has 5 heteroatoms. The van der Waals surface area contributed by atoms with Crippen LogP contribution in [0.15, 0.2) is 18.6 Å².